The minimum absolute atomic E-state index is 0.0313. The van der Waals surface area contributed by atoms with E-state index in [9.17, 15) is 4.79 Å². The number of hydrogen-bond donors (Lipinski definition) is 1. The Balaban J connectivity index is 2.13. The molecule has 0 bridgehead atoms. The number of carboxylic acid groups (broad SMARTS) is 1. The maximum Gasteiger partial charge on any atom is 0.308 e. The van der Waals surface area contributed by atoms with Crippen LogP contribution in [0, 0.1) is 0 Å². The standard InChI is InChI=1S/C13H13NO3S/c1-17-11-5-3-2-4-9(11)6-12-14-8-10(18-12)7-13(15)16/h2-5,8H,6-7H2,1H3,(H,15,16). The summed E-state index contributed by atoms with van der Waals surface area (Å²) in [6.07, 6.45) is 2.32. The summed E-state index contributed by atoms with van der Waals surface area (Å²) in [4.78, 5) is 15.6. The molecule has 0 amide bonds. The number of hydrogen-bond acceptors (Lipinski definition) is 4. The van der Waals surface area contributed by atoms with Crippen molar-refractivity contribution in [3.63, 3.8) is 0 Å². The van der Waals surface area contributed by atoms with E-state index in [-0.39, 0.29) is 6.42 Å². The third-order valence-electron chi connectivity index (χ3n) is 2.46. The molecule has 1 heterocycles. The Labute approximate surface area is 109 Å². The van der Waals surface area contributed by atoms with Gasteiger partial charge in [-0.3, -0.25) is 4.79 Å². The summed E-state index contributed by atoms with van der Waals surface area (Å²) in [5, 5.41) is 9.61. The monoisotopic (exact) mass is 263 g/mol. The first-order chi connectivity index (χ1) is 8.69. The van der Waals surface area contributed by atoms with E-state index >= 15 is 0 Å². The second-order valence-corrected chi connectivity index (χ2v) is 4.98. The van der Waals surface area contributed by atoms with Gasteiger partial charge >= 0.3 is 5.97 Å². The normalized spacial score (nSPS) is 10.3. The van der Waals surface area contributed by atoms with Crippen LogP contribution < -0.4 is 4.74 Å². The van der Waals surface area contributed by atoms with E-state index in [1.54, 1.807) is 13.3 Å². The Morgan fingerprint density at radius 2 is 2.22 bits per heavy atom. The number of carbonyl (C=O) groups is 1. The van der Waals surface area contributed by atoms with Crippen LogP contribution in [0.5, 0.6) is 5.75 Å². The fourth-order valence-electron chi connectivity index (χ4n) is 1.67. The van der Waals surface area contributed by atoms with E-state index < -0.39 is 5.97 Å². The number of nitrogens with zero attached hydrogens (tertiary/aromatic N) is 1. The minimum Gasteiger partial charge on any atom is -0.496 e. The summed E-state index contributed by atoms with van der Waals surface area (Å²) in [5.41, 5.74) is 1.05. The Bertz CT molecular complexity index is 551. The summed E-state index contributed by atoms with van der Waals surface area (Å²) in [5.74, 6) is -0.00465. The highest BCUT2D eigenvalue weighted by atomic mass is 32.1. The van der Waals surface area contributed by atoms with E-state index in [2.05, 4.69) is 4.98 Å². The molecule has 0 aliphatic rings. The van der Waals surface area contributed by atoms with Gasteiger partial charge in [0.1, 0.15) is 5.75 Å². The molecule has 0 atom stereocenters. The molecule has 4 nitrogen and oxygen atoms in total. The summed E-state index contributed by atoms with van der Waals surface area (Å²) in [6.45, 7) is 0. The van der Waals surface area contributed by atoms with Crippen LogP contribution in [0.25, 0.3) is 0 Å². The Hall–Kier alpha value is -1.88. The third kappa shape index (κ3) is 3.07. The second-order valence-electron chi connectivity index (χ2n) is 3.78. The topological polar surface area (TPSA) is 59.4 Å². The molecular weight excluding hydrogens is 250 g/mol. The SMILES string of the molecule is COc1ccccc1Cc1ncc(CC(=O)O)s1. The summed E-state index contributed by atoms with van der Waals surface area (Å²) >= 11 is 1.43. The van der Waals surface area contributed by atoms with Crippen molar-refractivity contribution < 1.29 is 14.6 Å². The molecule has 0 aliphatic heterocycles. The number of rotatable bonds is 5. The fourth-order valence-corrected chi connectivity index (χ4v) is 2.61. The first-order valence-corrected chi connectivity index (χ1v) is 6.28. The molecule has 2 rings (SSSR count). The van der Waals surface area contributed by atoms with Crippen molar-refractivity contribution in [2.24, 2.45) is 0 Å². The zero-order valence-electron chi connectivity index (χ0n) is 9.92. The lowest BCUT2D eigenvalue weighted by Crippen LogP contribution is -1.97. The number of ether oxygens (including phenoxy) is 1. The molecule has 2 aromatic rings. The van der Waals surface area contributed by atoms with Gasteiger partial charge in [-0.2, -0.15) is 0 Å². The van der Waals surface area contributed by atoms with E-state index in [0.717, 1.165) is 21.2 Å². The second kappa shape index (κ2) is 5.64. The first kappa shape index (κ1) is 12.6. The lowest BCUT2D eigenvalue weighted by Gasteiger charge is -2.05. The van der Waals surface area contributed by atoms with Gasteiger partial charge in [-0.1, -0.05) is 18.2 Å². The van der Waals surface area contributed by atoms with E-state index in [1.165, 1.54) is 11.3 Å². The fraction of sp³-hybridized carbons (Fsp3) is 0.231. The summed E-state index contributed by atoms with van der Waals surface area (Å²) in [7, 11) is 1.64. The van der Waals surface area contributed by atoms with Crippen LogP contribution in [-0.2, 0) is 17.6 Å². The Kier molecular flexibility index (Phi) is 3.94. The highest BCUT2D eigenvalue weighted by molar-refractivity contribution is 7.11. The predicted octanol–water partition coefficient (Wildman–Crippen LogP) is 2.37. The van der Waals surface area contributed by atoms with Gasteiger partial charge in [0, 0.05) is 23.1 Å². The van der Waals surface area contributed by atoms with E-state index in [4.69, 9.17) is 9.84 Å². The van der Waals surface area contributed by atoms with Gasteiger partial charge < -0.3 is 9.84 Å². The van der Waals surface area contributed by atoms with Crippen LogP contribution in [0.15, 0.2) is 30.5 Å². The average Bonchev–Trinajstić information content (AvgIpc) is 2.76. The van der Waals surface area contributed by atoms with Crippen molar-refractivity contribution >= 4 is 17.3 Å². The van der Waals surface area contributed by atoms with Gasteiger partial charge in [0.05, 0.1) is 18.5 Å². The molecule has 1 N–H and O–H groups in total. The summed E-state index contributed by atoms with van der Waals surface area (Å²) < 4.78 is 5.27. The third-order valence-corrected chi connectivity index (χ3v) is 3.46. The number of carboxylic acids is 1. The molecule has 0 unspecified atom stereocenters. The smallest absolute Gasteiger partial charge is 0.308 e. The van der Waals surface area contributed by atoms with Crippen molar-refractivity contribution in [3.05, 3.63) is 45.9 Å². The molecule has 0 aliphatic carbocycles. The van der Waals surface area contributed by atoms with E-state index in [0.29, 0.717) is 6.42 Å². The average molecular weight is 263 g/mol. The van der Waals surface area contributed by atoms with Crippen LogP contribution in [0.1, 0.15) is 15.4 Å². The number of para-hydroxylation sites is 1. The highest BCUT2D eigenvalue weighted by Gasteiger charge is 2.09. The summed E-state index contributed by atoms with van der Waals surface area (Å²) in [6, 6.07) is 7.75. The number of benzene rings is 1. The molecule has 0 saturated heterocycles. The van der Waals surface area contributed by atoms with Crippen molar-refractivity contribution in [3.8, 4) is 5.75 Å². The first-order valence-electron chi connectivity index (χ1n) is 5.46. The number of aliphatic carboxylic acids is 1. The minimum atomic E-state index is -0.831. The van der Waals surface area contributed by atoms with Crippen molar-refractivity contribution in [1.82, 2.24) is 4.98 Å². The van der Waals surface area contributed by atoms with Gasteiger partial charge in [0.2, 0.25) is 0 Å². The van der Waals surface area contributed by atoms with Crippen molar-refractivity contribution in [2.75, 3.05) is 7.11 Å². The zero-order chi connectivity index (χ0) is 13.0. The molecule has 0 spiro atoms. The number of thiazole rings is 1. The molecular formula is C13H13NO3S. The van der Waals surface area contributed by atoms with Crippen LogP contribution in [0.3, 0.4) is 0 Å². The molecule has 0 radical (unpaired) electrons. The lowest BCUT2D eigenvalue weighted by atomic mass is 10.1. The number of methoxy groups -OCH3 is 1. The van der Waals surface area contributed by atoms with Gasteiger partial charge in [0.25, 0.3) is 0 Å². The van der Waals surface area contributed by atoms with Crippen LogP contribution >= 0.6 is 11.3 Å². The largest absolute Gasteiger partial charge is 0.496 e. The van der Waals surface area contributed by atoms with Crippen LogP contribution in [0.4, 0.5) is 0 Å². The van der Waals surface area contributed by atoms with Crippen LogP contribution in [0.2, 0.25) is 0 Å². The van der Waals surface area contributed by atoms with Gasteiger partial charge in [-0.25, -0.2) is 4.98 Å². The van der Waals surface area contributed by atoms with Gasteiger partial charge in [-0.05, 0) is 6.07 Å². The zero-order valence-corrected chi connectivity index (χ0v) is 10.7. The van der Waals surface area contributed by atoms with E-state index in [1.807, 2.05) is 24.3 Å². The molecule has 1 aromatic heterocycles. The van der Waals surface area contributed by atoms with Crippen molar-refractivity contribution in [1.29, 1.82) is 0 Å². The maximum atomic E-state index is 10.6. The molecule has 18 heavy (non-hydrogen) atoms. The maximum absolute atomic E-state index is 10.6. The molecule has 94 valence electrons. The molecule has 0 fully saturated rings. The quantitative estimate of drug-likeness (QED) is 0.899. The number of aromatic nitrogens is 1. The Morgan fingerprint density at radius 3 is 2.94 bits per heavy atom. The van der Waals surface area contributed by atoms with Crippen molar-refractivity contribution in [2.45, 2.75) is 12.8 Å². The molecule has 5 heteroatoms. The molecule has 1 aromatic carbocycles. The van der Waals surface area contributed by atoms with Gasteiger partial charge in [-0.15, -0.1) is 11.3 Å². The Morgan fingerprint density at radius 1 is 1.44 bits per heavy atom. The molecule has 0 saturated carbocycles. The van der Waals surface area contributed by atoms with Crippen LogP contribution in [-0.4, -0.2) is 23.2 Å². The predicted molar refractivity (Wildman–Crippen MR) is 69.3 cm³/mol. The highest BCUT2D eigenvalue weighted by Crippen LogP contribution is 2.23. The lowest BCUT2D eigenvalue weighted by molar-refractivity contribution is -0.136. The van der Waals surface area contributed by atoms with Gasteiger partial charge in [0.15, 0.2) is 0 Å².